The molecule has 0 saturated carbocycles. The maximum atomic E-state index is 12.4. The van der Waals surface area contributed by atoms with Crippen molar-refractivity contribution in [3.63, 3.8) is 0 Å². The number of esters is 1. The first-order chi connectivity index (χ1) is 11.4. The highest BCUT2D eigenvalue weighted by Gasteiger charge is 2.34. The number of aromatic hydroxyl groups is 1. The van der Waals surface area contributed by atoms with Gasteiger partial charge in [-0.1, -0.05) is 13.0 Å². The number of hydrogen-bond donors (Lipinski definition) is 3. The van der Waals surface area contributed by atoms with Gasteiger partial charge in [0.2, 0.25) is 0 Å². The van der Waals surface area contributed by atoms with Crippen LogP contribution in [0.3, 0.4) is 0 Å². The van der Waals surface area contributed by atoms with E-state index in [9.17, 15) is 14.7 Å². The van der Waals surface area contributed by atoms with E-state index in [0.29, 0.717) is 22.2 Å². The predicted molar refractivity (Wildman–Crippen MR) is 90.7 cm³/mol. The Bertz CT molecular complexity index is 702. The molecule has 2 rings (SSSR count). The van der Waals surface area contributed by atoms with Crippen LogP contribution in [-0.2, 0) is 9.53 Å². The molecule has 130 valence electrons. The van der Waals surface area contributed by atoms with Gasteiger partial charge in [-0.25, -0.2) is 9.59 Å². The van der Waals surface area contributed by atoms with Crippen molar-refractivity contribution in [1.82, 2.24) is 10.6 Å². The number of methoxy groups -OCH3 is 1. The van der Waals surface area contributed by atoms with E-state index in [-0.39, 0.29) is 23.7 Å². The van der Waals surface area contributed by atoms with Crippen molar-refractivity contribution >= 4 is 27.9 Å². The molecule has 8 heteroatoms. The van der Waals surface area contributed by atoms with Crippen LogP contribution in [0.2, 0.25) is 0 Å². The fourth-order valence-corrected chi connectivity index (χ4v) is 2.98. The number of benzene rings is 1. The third-order valence-electron chi connectivity index (χ3n) is 3.57. The lowest BCUT2D eigenvalue weighted by atomic mass is 9.95. The molecule has 1 aliphatic rings. The summed E-state index contributed by atoms with van der Waals surface area (Å²) in [6.45, 7) is 3.81. The Labute approximate surface area is 148 Å². The summed E-state index contributed by atoms with van der Waals surface area (Å²) in [4.78, 5) is 24.3. The third-order valence-corrected chi connectivity index (χ3v) is 4.40. The van der Waals surface area contributed by atoms with Crippen LogP contribution in [0.4, 0.5) is 4.79 Å². The van der Waals surface area contributed by atoms with Crippen LogP contribution in [0, 0.1) is 0 Å². The Hall–Kier alpha value is -2.22. The van der Waals surface area contributed by atoms with Crippen molar-refractivity contribution in [2.75, 3.05) is 13.7 Å². The number of amides is 2. The van der Waals surface area contributed by atoms with Gasteiger partial charge >= 0.3 is 12.0 Å². The third kappa shape index (κ3) is 3.48. The van der Waals surface area contributed by atoms with Crippen LogP contribution < -0.4 is 15.4 Å². The van der Waals surface area contributed by atoms with Gasteiger partial charge in [-0.05, 0) is 40.9 Å². The van der Waals surface area contributed by atoms with Crippen LogP contribution in [0.25, 0.3) is 0 Å². The molecule has 1 atom stereocenters. The molecule has 0 radical (unpaired) electrons. The number of hydrogen-bond acceptors (Lipinski definition) is 5. The average Bonchev–Trinajstić information content (AvgIpc) is 2.54. The van der Waals surface area contributed by atoms with Gasteiger partial charge in [0.05, 0.1) is 29.8 Å². The van der Waals surface area contributed by atoms with E-state index in [4.69, 9.17) is 9.47 Å². The van der Waals surface area contributed by atoms with Crippen molar-refractivity contribution in [1.29, 1.82) is 0 Å². The Morgan fingerprint density at radius 2 is 2.12 bits per heavy atom. The fourth-order valence-electron chi connectivity index (χ4n) is 2.42. The molecule has 2 amide bonds. The Morgan fingerprint density at radius 3 is 2.75 bits per heavy atom. The molecule has 0 aliphatic carbocycles. The molecular weight excluding hydrogens is 380 g/mol. The molecule has 1 aliphatic heterocycles. The predicted octanol–water partition coefficient (Wildman–Crippen LogP) is 2.74. The molecule has 0 aromatic heterocycles. The number of ether oxygens (including phenoxy) is 2. The lowest BCUT2D eigenvalue weighted by Gasteiger charge is -2.29. The highest BCUT2D eigenvalue weighted by molar-refractivity contribution is 9.10. The molecule has 0 spiro atoms. The van der Waals surface area contributed by atoms with E-state index < -0.39 is 18.0 Å². The molecule has 7 nitrogen and oxygen atoms in total. The molecule has 0 fully saturated rings. The van der Waals surface area contributed by atoms with Crippen molar-refractivity contribution in [2.24, 2.45) is 0 Å². The Morgan fingerprint density at radius 1 is 1.42 bits per heavy atom. The van der Waals surface area contributed by atoms with Crippen LogP contribution >= 0.6 is 15.9 Å². The van der Waals surface area contributed by atoms with Gasteiger partial charge in [0.15, 0.2) is 11.5 Å². The minimum absolute atomic E-state index is 0.110. The quantitative estimate of drug-likeness (QED) is 0.662. The number of phenols is 1. The lowest BCUT2D eigenvalue weighted by Crippen LogP contribution is -2.45. The summed E-state index contributed by atoms with van der Waals surface area (Å²) in [6, 6.07) is 2.04. The Balaban J connectivity index is 2.49. The standard InChI is InChI=1S/C16H19BrN2O5/c1-4-7-24-15(21)11-8(2)18-16(22)19-13(11)9-5-6-10(23-3)14(20)12(9)17/h5-6,13,20H,4,7H2,1-3H3,(H2,18,19,22). The zero-order valence-corrected chi connectivity index (χ0v) is 15.2. The number of carbonyl (C=O) groups excluding carboxylic acids is 2. The summed E-state index contributed by atoms with van der Waals surface area (Å²) in [5.74, 6) is -0.350. The number of carbonyl (C=O) groups is 2. The summed E-state index contributed by atoms with van der Waals surface area (Å²) < 4.78 is 10.6. The van der Waals surface area contributed by atoms with Gasteiger partial charge < -0.3 is 25.2 Å². The van der Waals surface area contributed by atoms with Gasteiger partial charge in [0.1, 0.15) is 0 Å². The van der Waals surface area contributed by atoms with Gasteiger partial charge in [0, 0.05) is 5.70 Å². The van der Waals surface area contributed by atoms with Gasteiger partial charge in [-0.3, -0.25) is 0 Å². The first-order valence-electron chi connectivity index (χ1n) is 7.41. The Kier molecular flexibility index (Phi) is 5.71. The van der Waals surface area contributed by atoms with E-state index in [1.807, 2.05) is 6.92 Å². The summed E-state index contributed by atoms with van der Waals surface area (Å²) in [6.07, 6.45) is 0.690. The SMILES string of the molecule is CCCOC(=O)C1=C(C)NC(=O)NC1c1ccc(OC)c(O)c1Br. The molecule has 24 heavy (non-hydrogen) atoms. The second kappa shape index (κ2) is 7.57. The first-order valence-corrected chi connectivity index (χ1v) is 8.20. The number of urea groups is 1. The highest BCUT2D eigenvalue weighted by atomic mass is 79.9. The molecule has 1 unspecified atom stereocenters. The smallest absolute Gasteiger partial charge is 0.338 e. The maximum absolute atomic E-state index is 12.4. The molecule has 1 aromatic rings. The topological polar surface area (TPSA) is 96.9 Å². The zero-order chi connectivity index (χ0) is 17.9. The number of rotatable bonds is 5. The average molecular weight is 399 g/mol. The van der Waals surface area contributed by atoms with Crippen LogP contribution in [0.5, 0.6) is 11.5 Å². The molecule has 0 bridgehead atoms. The number of allylic oxidation sites excluding steroid dienone is 1. The van der Waals surface area contributed by atoms with Crippen LogP contribution in [-0.4, -0.2) is 30.8 Å². The number of nitrogens with one attached hydrogen (secondary N) is 2. The van der Waals surface area contributed by atoms with Gasteiger partial charge in [-0.2, -0.15) is 0 Å². The molecule has 1 heterocycles. The van der Waals surface area contributed by atoms with Crippen LogP contribution in [0.1, 0.15) is 31.9 Å². The largest absolute Gasteiger partial charge is 0.503 e. The van der Waals surface area contributed by atoms with Crippen molar-refractivity contribution in [2.45, 2.75) is 26.3 Å². The lowest BCUT2D eigenvalue weighted by molar-refractivity contribution is -0.139. The second-order valence-electron chi connectivity index (χ2n) is 5.23. The monoisotopic (exact) mass is 398 g/mol. The second-order valence-corrected chi connectivity index (χ2v) is 6.02. The van der Waals surface area contributed by atoms with E-state index in [0.717, 1.165) is 0 Å². The first kappa shape index (κ1) is 18.1. The highest BCUT2D eigenvalue weighted by Crippen LogP contribution is 2.41. The van der Waals surface area contributed by atoms with E-state index in [1.54, 1.807) is 19.1 Å². The summed E-state index contributed by atoms with van der Waals surface area (Å²) in [7, 11) is 1.44. The fraction of sp³-hybridized carbons (Fsp3) is 0.375. The van der Waals surface area contributed by atoms with Gasteiger partial charge in [0.25, 0.3) is 0 Å². The number of phenolic OH excluding ortho intramolecular Hbond substituents is 1. The summed E-state index contributed by atoms with van der Waals surface area (Å²) in [5, 5.41) is 15.4. The zero-order valence-electron chi connectivity index (χ0n) is 13.6. The maximum Gasteiger partial charge on any atom is 0.338 e. The van der Waals surface area contributed by atoms with Crippen molar-refractivity contribution in [3.05, 3.63) is 33.4 Å². The number of halogens is 1. The molecular formula is C16H19BrN2O5. The van der Waals surface area contributed by atoms with Crippen molar-refractivity contribution < 1.29 is 24.2 Å². The molecule has 1 aromatic carbocycles. The molecule has 0 saturated heterocycles. The van der Waals surface area contributed by atoms with E-state index in [2.05, 4.69) is 26.6 Å². The molecule has 3 N–H and O–H groups in total. The minimum atomic E-state index is -0.755. The van der Waals surface area contributed by atoms with E-state index >= 15 is 0 Å². The van der Waals surface area contributed by atoms with Gasteiger partial charge in [-0.15, -0.1) is 0 Å². The van der Waals surface area contributed by atoms with Crippen LogP contribution in [0.15, 0.2) is 27.9 Å². The van der Waals surface area contributed by atoms with Crippen molar-refractivity contribution in [3.8, 4) is 11.5 Å². The normalized spacial score (nSPS) is 17.2. The minimum Gasteiger partial charge on any atom is -0.503 e. The summed E-state index contributed by atoms with van der Waals surface area (Å²) in [5.41, 5.74) is 1.21. The summed E-state index contributed by atoms with van der Waals surface area (Å²) >= 11 is 3.30. The van der Waals surface area contributed by atoms with E-state index in [1.165, 1.54) is 7.11 Å².